The first-order valence-electron chi connectivity index (χ1n) is 5.38. The Bertz CT molecular complexity index is 460. The summed E-state index contributed by atoms with van der Waals surface area (Å²) >= 11 is 1.55. The molecule has 1 unspecified atom stereocenters. The Morgan fingerprint density at radius 2 is 2.12 bits per heavy atom. The first-order valence-corrected chi connectivity index (χ1v) is 6.37. The Morgan fingerprint density at radius 1 is 1.35 bits per heavy atom. The molecule has 1 aromatic carbocycles. The van der Waals surface area contributed by atoms with Crippen LogP contribution < -0.4 is 0 Å². The number of tetrazole rings is 1. The van der Waals surface area contributed by atoms with E-state index in [1.807, 2.05) is 37.3 Å². The predicted molar refractivity (Wildman–Crippen MR) is 66.1 cm³/mol. The van der Waals surface area contributed by atoms with Crippen LogP contribution in [0.3, 0.4) is 0 Å². The number of para-hydroxylation sites is 1. The molecular weight excluding hydrogens is 236 g/mol. The maximum absolute atomic E-state index is 8.98. The second kappa shape index (κ2) is 5.79. The minimum Gasteiger partial charge on any atom is -0.396 e. The van der Waals surface area contributed by atoms with Gasteiger partial charge in [0, 0.05) is 12.4 Å². The third-order valence-electron chi connectivity index (χ3n) is 2.25. The zero-order valence-electron chi connectivity index (χ0n) is 9.52. The number of aromatic nitrogens is 4. The third-order valence-corrected chi connectivity index (χ3v) is 3.50. The minimum absolute atomic E-state index is 0.180. The van der Waals surface area contributed by atoms with E-state index in [4.69, 9.17) is 5.11 Å². The van der Waals surface area contributed by atoms with Crippen LogP contribution in [0.4, 0.5) is 0 Å². The van der Waals surface area contributed by atoms with E-state index in [-0.39, 0.29) is 12.5 Å². The van der Waals surface area contributed by atoms with Crippen molar-refractivity contribution in [1.29, 1.82) is 0 Å². The van der Waals surface area contributed by atoms with E-state index in [1.165, 1.54) is 0 Å². The largest absolute Gasteiger partial charge is 0.396 e. The van der Waals surface area contributed by atoms with Gasteiger partial charge in [-0.1, -0.05) is 36.9 Å². The molecule has 0 radical (unpaired) electrons. The second-order valence-electron chi connectivity index (χ2n) is 3.81. The van der Waals surface area contributed by atoms with E-state index in [1.54, 1.807) is 16.4 Å². The van der Waals surface area contributed by atoms with Crippen LogP contribution >= 0.6 is 11.8 Å². The Hall–Kier alpha value is -1.40. The lowest BCUT2D eigenvalue weighted by molar-refractivity contribution is 0.250. The molecule has 5 nitrogen and oxygen atoms in total. The molecule has 0 amide bonds. The fourth-order valence-corrected chi connectivity index (χ4v) is 2.17. The zero-order chi connectivity index (χ0) is 12.1. The molecule has 0 saturated carbocycles. The molecule has 0 fully saturated rings. The summed E-state index contributed by atoms with van der Waals surface area (Å²) < 4.78 is 1.70. The summed E-state index contributed by atoms with van der Waals surface area (Å²) in [7, 11) is 0. The summed E-state index contributed by atoms with van der Waals surface area (Å²) in [6, 6.07) is 9.75. The first kappa shape index (κ1) is 12.1. The van der Waals surface area contributed by atoms with E-state index in [0.29, 0.717) is 0 Å². The third kappa shape index (κ3) is 3.04. The number of rotatable bonds is 5. The van der Waals surface area contributed by atoms with E-state index in [0.717, 1.165) is 16.6 Å². The van der Waals surface area contributed by atoms with Crippen LogP contribution in [0.1, 0.15) is 6.92 Å². The number of thioether (sulfide) groups is 1. The molecule has 1 N–H and O–H groups in total. The first-order chi connectivity index (χ1) is 8.31. The number of benzene rings is 1. The van der Waals surface area contributed by atoms with Crippen molar-refractivity contribution in [3.63, 3.8) is 0 Å². The molecule has 0 spiro atoms. The van der Waals surface area contributed by atoms with Gasteiger partial charge in [-0.2, -0.15) is 4.68 Å². The molecular formula is C11H14N4OS. The highest BCUT2D eigenvalue weighted by molar-refractivity contribution is 7.99. The predicted octanol–water partition coefficient (Wildman–Crippen LogP) is 1.38. The number of nitrogens with zero attached hydrogens (tertiary/aromatic N) is 4. The number of hydrogen-bond acceptors (Lipinski definition) is 5. The van der Waals surface area contributed by atoms with Crippen molar-refractivity contribution in [2.45, 2.75) is 12.1 Å². The van der Waals surface area contributed by atoms with Crippen molar-refractivity contribution in [2.24, 2.45) is 5.92 Å². The zero-order valence-corrected chi connectivity index (χ0v) is 10.3. The fourth-order valence-electron chi connectivity index (χ4n) is 1.27. The number of aliphatic hydroxyl groups excluding tert-OH is 1. The molecule has 0 saturated heterocycles. The van der Waals surface area contributed by atoms with Crippen molar-refractivity contribution in [3.05, 3.63) is 30.3 Å². The Morgan fingerprint density at radius 3 is 2.82 bits per heavy atom. The maximum Gasteiger partial charge on any atom is 0.214 e. The average molecular weight is 250 g/mol. The van der Waals surface area contributed by atoms with Gasteiger partial charge in [0.2, 0.25) is 5.16 Å². The molecule has 0 aliphatic carbocycles. The van der Waals surface area contributed by atoms with Gasteiger partial charge < -0.3 is 5.11 Å². The van der Waals surface area contributed by atoms with Crippen LogP contribution in [0.5, 0.6) is 0 Å². The summed E-state index contributed by atoms with van der Waals surface area (Å²) in [6.07, 6.45) is 0. The van der Waals surface area contributed by atoms with Gasteiger partial charge >= 0.3 is 0 Å². The molecule has 1 heterocycles. The topological polar surface area (TPSA) is 63.8 Å². The molecule has 1 aromatic heterocycles. The van der Waals surface area contributed by atoms with Crippen molar-refractivity contribution in [1.82, 2.24) is 20.2 Å². The van der Waals surface area contributed by atoms with Crippen molar-refractivity contribution in [3.8, 4) is 5.69 Å². The van der Waals surface area contributed by atoms with E-state index >= 15 is 0 Å². The monoisotopic (exact) mass is 250 g/mol. The Kier molecular flexibility index (Phi) is 4.11. The molecule has 0 bridgehead atoms. The molecule has 2 aromatic rings. The summed E-state index contributed by atoms with van der Waals surface area (Å²) in [4.78, 5) is 0. The van der Waals surface area contributed by atoms with Crippen molar-refractivity contribution in [2.75, 3.05) is 12.4 Å². The minimum atomic E-state index is 0.180. The molecule has 0 aliphatic heterocycles. The van der Waals surface area contributed by atoms with E-state index in [9.17, 15) is 0 Å². The summed E-state index contributed by atoms with van der Waals surface area (Å²) in [5.74, 6) is 1.03. The second-order valence-corrected chi connectivity index (χ2v) is 4.79. The lowest BCUT2D eigenvalue weighted by atomic mass is 10.2. The molecule has 6 heteroatoms. The number of hydrogen-bond donors (Lipinski definition) is 1. The lowest BCUT2D eigenvalue weighted by Gasteiger charge is -2.07. The van der Waals surface area contributed by atoms with Crippen LogP contribution in [-0.4, -0.2) is 37.7 Å². The van der Waals surface area contributed by atoms with Gasteiger partial charge in [0.05, 0.1) is 5.69 Å². The molecule has 1 atom stereocenters. The smallest absolute Gasteiger partial charge is 0.214 e. The molecule has 17 heavy (non-hydrogen) atoms. The van der Waals surface area contributed by atoms with Crippen LogP contribution in [-0.2, 0) is 0 Å². The van der Waals surface area contributed by atoms with Gasteiger partial charge in [-0.05, 0) is 28.5 Å². The quantitative estimate of drug-likeness (QED) is 0.812. The van der Waals surface area contributed by atoms with Gasteiger partial charge in [0.25, 0.3) is 0 Å². The van der Waals surface area contributed by atoms with Gasteiger partial charge in [0.1, 0.15) is 0 Å². The molecule has 90 valence electrons. The van der Waals surface area contributed by atoms with Crippen molar-refractivity contribution < 1.29 is 5.11 Å². The van der Waals surface area contributed by atoms with Crippen molar-refractivity contribution >= 4 is 11.8 Å². The summed E-state index contributed by atoms with van der Waals surface area (Å²) in [5.41, 5.74) is 0.941. The summed E-state index contributed by atoms with van der Waals surface area (Å²) in [5, 5.41) is 21.4. The van der Waals surface area contributed by atoms with Crippen LogP contribution in [0.25, 0.3) is 5.69 Å². The van der Waals surface area contributed by atoms with Gasteiger partial charge in [-0.3, -0.25) is 0 Å². The SMILES string of the molecule is CC(CO)CSc1nnnn1-c1ccccc1. The highest BCUT2D eigenvalue weighted by Crippen LogP contribution is 2.20. The van der Waals surface area contributed by atoms with Crippen LogP contribution in [0, 0.1) is 5.92 Å². The maximum atomic E-state index is 8.98. The Balaban J connectivity index is 2.12. The molecule has 0 aliphatic rings. The highest BCUT2D eigenvalue weighted by atomic mass is 32.2. The fraction of sp³-hybridized carbons (Fsp3) is 0.364. The highest BCUT2D eigenvalue weighted by Gasteiger charge is 2.10. The average Bonchev–Trinajstić information content (AvgIpc) is 2.85. The van der Waals surface area contributed by atoms with Gasteiger partial charge in [-0.25, -0.2) is 0 Å². The van der Waals surface area contributed by atoms with E-state index < -0.39 is 0 Å². The normalized spacial score (nSPS) is 12.6. The van der Waals surface area contributed by atoms with Crippen LogP contribution in [0.15, 0.2) is 35.5 Å². The standard InChI is InChI=1S/C11H14N4OS/c1-9(7-16)8-17-11-12-13-14-15(11)10-5-3-2-4-6-10/h2-6,9,16H,7-8H2,1H3. The van der Waals surface area contributed by atoms with Crippen LogP contribution in [0.2, 0.25) is 0 Å². The summed E-state index contributed by atoms with van der Waals surface area (Å²) in [6.45, 7) is 2.17. The number of aliphatic hydroxyl groups is 1. The van der Waals surface area contributed by atoms with Gasteiger partial charge in [0.15, 0.2) is 0 Å². The lowest BCUT2D eigenvalue weighted by Crippen LogP contribution is -2.05. The van der Waals surface area contributed by atoms with Gasteiger partial charge in [-0.15, -0.1) is 5.10 Å². The Labute approximate surface area is 104 Å². The molecule has 2 rings (SSSR count). The van der Waals surface area contributed by atoms with E-state index in [2.05, 4.69) is 15.5 Å².